The molecular formula is C24H13Cl2F4N5O6. The Kier molecular flexibility index (Phi) is 8.08. The van der Waals surface area contributed by atoms with Gasteiger partial charge in [-0.3, -0.25) is 4.79 Å². The minimum atomic E-state index is -5.45. The van der Waals surface area contributed by atoms with Crippen LogP contribution >= 0.6 is 23.2 Å². The molecule has 0 saturated carbocycles. The van der Waals surface area contributed by atoms with Gasteiger partial charge in [0.1, 0.15) is 11.4 Å². The summed E-state index contributed by atoms with van der Waals surface area (Å²) in [5.41, 5.74) is -1.16. The maximum atomic E-state index is 15.3. The van der Waals surface area contributed by atoms with E-state index in [1.165, 1.54) is 30.3 Å². The number of nitriles is 1. The molecule has 41 heavy (non-hydrogen) atoms. The average Bonchev–Trinajstić information content (AvgIpc) is 3.26. The summed E-state index contributed by atoms with van der Waals surface area (Å²) in [6, 6.07) is 9.20. The number of amides is 1. The van der Waals surface area contributed by atoms with Gasteiger partial charge in [0.25, 0.3) is 5.91 Å². The molecular weight excluding hydrogens is 601 g/mol. The number of ether oxygens (including phenoxy) is 2. The van der Waals surface area contributed by atoms with Crippen LogP contribution in [0.5, 0.6) is 17.4 Å². The number of benzene rings is 2. The number of nitrogens with one attached hydrogen (secondary N) is 1. The lowest BCUT2D eigenvalue weighted by atomic mass is 10.2. The van der Waals surface area contributed by atoms with Crippen LogP contribution in [0.4, 0.5) is 17.6 Å². The monoisotopic (exact) mass is 613 g/mol. The highest BCUT2D eigenvalue weighted by molar-refractivity contribution is 6.32. The zero-order chi connectivity index (χ0) is 30.1. The lowest BCUT2D eigenvalue weighted by Crippen LogP contribution is -2.36. The van der Waals surface area contributed by atoms with E-state index in [2.05, 4.69) is 15.3 Å². The number of nitrogens with zero attached hydrogens (tertiary/aromatic N) is 4. The molecule has 0 spiro atoms. The minimum absolute atomic E-state index is 0.00907. The van der Waals surface area contributed by atoms with Gasteiger partial charge >= 0.3 is 18.0 Å². The number of hydrogen-bond donors (Lipinski definition) is 1. The molecule has 2 heterocycles. The molecule has 0 aliphatic rings. The third kappa shape index (κ3) is 6.18. The predicted octanol–water partition coefficient (Wildman–Crippen LogP) is 4.24. The van der Waals surface area contributed by atoms with Gasteiger partial charge in [-0.15, -0.1) is 0 Å². The lowest BCUT2D eigenvalue weighted by Gasteiger charge is -2.14. The Balaban J connectivity index is 1.66. The minimum Gasteiger partial charge on any atom is -0.594 e. The fraction of sp³-hybridized carbons (Fsp3) is 0.125. The molecule has 0 aliphatic carbocycles. The highest BCUT2D eigenvalue weighted by atomic mass is 35.5. The summed E-state index contributed by atoms with van der Waals surface area (Å²) in [7, 11) is 1.04. The number of rotatable bonds is 7. The van der Waals surface area contributed by atoms with E-state index in [9.17, 15) is 28.0 Å². The number of aromatic nitrogens is 3. The molecule has 11 nitrogen and oxygen atoms in total. The quantitative estimate of drug-likeness (QED) is 0.185. The summed E-state index contributed by atoms with van der Waals surface area (Å²) < 4.78 is 64.8. The van der Waals surface area contributed by atoms with E-state index in [0.717, 1.165) is 19.4 Å². The largest absolute Gasteiger partial charge is 0.594 e. The van der Waals surface area contributed by atoms with Crippen LogP contribution in [0, 0.1) is 22.4 Å². The summed E-state index contributed by atoms with van der Waals surface area (Å²) in [5.74, 6) is -5.87. The highest BCUT2D eigenvalue weighted by Crippen LogP contribution is 2.35. The van der Waals surface area contributed by atoms with E-state index in [0.29, 0.717) is 0 Å². The van der Waals surface area contributed by atoms with E-state index < -0.39 is 53.3 Å². The Morgan fingerprint density at radius 2 is 1.95 bits per heavy atom. The van der Waals surface area contributed by atoms with Gasteiger partial charge in [0, 0.05) is 17.1 Å². The van der Waals surface area contributed by atoms with Gasteiger partial charge in [-0.1, -0.05) is 34.1 Å². The van der Waals surface area contributed by atoms with Crippen molar-refractivity contribution in [2.24, 2.45) is 0 Å². The van der Waals surface area contributed by atoms with Crippen LogP contribution in [-0.2, 0) is 11.3 Å². The van der Waals surface area contributed by atoms with Crippen molar-refractivity contribution < 1.29 is 46.3 Å². The molecule has 17 heteroatoms. The van der Waals surface area contributed by atoms with Crippen molar-refractivity contribution in [2.75, 3.05) is 7.11 Å². The van der Waals surface area contributed by atoms with E-state index in [4.69, 9.17) is 37.9 Å². The van der Waals surface area contributed by atoms with Crippen molar-refractivity contribution in [3.63, 3.8) is 0 Å². The fourth-order valence-electron chi connectivity index (χ4n) is 3.50. The molecule has 4 aromatic rings. The van der Waals surface area contributed by atoms with Gasteiger partial charge in [-0.2, -0.15) is 23.2 Å². The third-order valence-electron chi connectivity index (χ3n) is 5.25. The first-order valence-electron chi connectivity index (χ1n) is 11.0. The summed E-state index contributed by atoms with van der Waals surface area (Å²) in [6.45, 7) is -0.553. The van der Waals surface area contributed by atoms with Crippen molar-refractivity contribution in [3.05, 3.63) is 80.5 Å². The van der Waals surface area contributed by atoms with Crippen molar-refractivity contribution in [1.82, 2.24) is 15.1 Å². The molecule has 212 valence electrons. The lowest BCUT2D eigenvalue weighted by molar-refractivity contribution is -0.668. The van der Waals surface area contributed by atoms with Crippen LogP contribution in [-0.4, -0.2) is 35.0 Å². The van der Waals surface area contributed by atoms with Gasteiger partial charge in [0.05, 0.1) is 34.3 Å². The van der Waals surface area contributed by atoms with E-state index in [-0.39, 0.29) is 41.9 Å². The highest BCUT2D eigenvalue weighted by Gasteiger charge is 2.43. The summed E-state index contributed by atoms with van der Waals surface area (Å²) in [5, 5.41) is 26.4. The normalized spacial score (nSPS) is 11.2. The van der Waals surface area contributed by atoms with Gasteiger partial charge in [0.2, 0.25) is 6.20 Å². The summed E-state index contributed by atoms with van der Waals surface area (Å²) in [6.07, 6.45) is -4.65. The van der Waals surface area contributed by atoms with Crippen molar-refractivity contribution >= 4 is 46.0 Å². The topological polar surface area (TPSA) is 142 Å². The molecule has 0 radical (unpaired) electrons. The fourth-order valence-corrected chi connectivity index (χ4v) is 3.91. The van der Waals surface area contributed by atoms with E-state index in [1.807, 2.05) is 6.07 Å². The first-order chi connectivity index (χ1) is 19.3. The molecule has 0 fully saturated rings. The Morgan fingerprint density at radius 1 is 1.22 bits per heavy atom. The predicted molar refractivity (Wildman–Crippen MR) is 132 cm³/mol. The average molecular weight is 614 g/mol. The molecule has 2 aromatic heterocycles. The van der Waals surface area contributed by atoms with Crippen molar-refractivity contribution in [3.8, 4) is 23.4 Å². The van der Waals surface area contributed by atoms with Crippen molar-refractivity contribution in [2.45, 2.75) is 12.7 Å². The first kappa shape index (κ1) is 29.2. The molecule has 0 bridgehead atoms. The van der Waals surface area contributed by atoms with Crippen LogP contribution < -0.4 is 24.5 Å². The van der Waals surface area contributed by atoms with Gasteiger partial charge < -0.3 is 24.8 Å². The Labute approximate surface area is 236 Å². The Hall–Kier alpha value is -4.81. The molecule has 4 rings (SSSR count). The van der Waals surface area contributed by atoms with Gasteiger partial charge in [-0.25, -0.2) is 9.18 Å². The third-order valence-corrected chi connectivity index (χ3v) is 5.77. The second kappa shape index (κ2) is 11.4. The number of methoxy groups -OCH3 is 1. The maximum absolute atomic E-state index is 15.3. The number of carbonyl (C=O) groups is 2. The van der Waals surface area contributed by atoms with E-state index in [1.54, 1.807) is 0 Å². The molecule has 0 saturated heterocycles. The number of hydrogen-bond acceptors (Lipinski definition) is 8. The standard InChI is InChI=1S/C24H13Cl2F4N5O6/c1-39-22-19-13(10-34(38)33-22)6-17(35(19)41-23(37)24(28,29)30)21(36)32-9-12-2-3-16(26)20(18(12)27)40-15-5-11(8-31)4-14(25)7-15/h2-7,10H,9H2,1H3,(H,32,36). The summed E-state index contributed by atoms with van der Waals surface area (Å²) in [4.78, 5) is 29.0. The molecule has 1 N–H and O–H groups in total. The zero-order valence-corrected chi connectivity index (χ0v) is 21.8. The molecule has 0 aliphatic heterocycles. The Bertz CT molecular complexity index is 1740. The smallest absolute Gasteiger partial charge is 0.493 e. The number of fused-ring (bicyclic) bond motifs is 1. The molecule has 1 amide bonds. The zero-order valence-electron chi connectivity index (χ0n) is 20.3. The SMILES string of the molecule is COc1n[n+]([O-])cc2cc(C(=O)NCc3ccc(Cl)c(Oc4cc(Cl)cc(C#N)c4)c3F)n(OC(=O)C(F)(F)F)c12. The number of halogens is 6. The number of alkyl halides is 3. The Morgan fingerprint density at radius 3 is 2.61 bits per heavy atom. The molecule has 0 unspecified atom stereocenters. The summed E-state index contributed by atoms with van der Waals surface area (Å²) >= 11 is 12.0. The molecule has 0 atom stereocenters. The van der Waals surface area contributed by atoms with E-state index >= 15 is 4.39 Å². The van der Waals surface area contributed by atoms with Crippen LogP contribution in [0.25, 0.3) is 10.9 Å². The number of carbonyl (C=O) groups excluding carboxylic acids is 2. The first-order valence-corrected chi connectivity index (χ1v) is 11.7. The van der Waals surface area contributed by atoms with Crippen LogP contribution in [0.2, 0.25) is 10.0 Å². The second-order valence-corrected chi connectivity index (χ2v) is 8.81. The van der Waals surface area contributed by atoms with Crippen LogP contribution in [0.3, 0.4) is 0 Å². The maximum Gasteiger partial charge on any atom is 0.493 e. The van der Waals surface area contributed by atoms with Crippen LogP contribution in [0.1, 0.15) is 21.6 Å². The second-order valence-electron chi connectivity index (χ2n) is 7.97. The molecule has 2 aromatic carbocycles. The van der Waals surface area contributed by atoms with Crippen LogP contribution in [0.15, 0.2) is 42.6 Å². The van der Waals surface area contributed by atoms with Crippen molar-refractivity contribution in [1.29, 1.82) is 5.26 Å². The van der Waals surface area contributed by atoms with Gasteiger partial charge in [-0.05, 0) is 30.3 Å². The van der Waals surface area contributed by atoms with Gasteiger partial charge in [0.15, 0.2) is 17.1 Å².